The number of anilines is 1. The molecule has 0 radical (unpaired) electrons. The van der Waals surface area contributed by atoms with Crippen LogP contribution in [0.5, 0.6) is 11.5 Å². The zero-order valence-electron chi connectivity index (χ0n) is 22.2. The molecule has 0 saturated heterocycles. The first-order valence-electron chi connectivity index (χ1n) is 13.1. The van der Waals surface area contributed by atoms with E-state index in [0.29, 0.717) is 49.0 Å². The van der Waals surface area contributed by atoms with E-state index in [4.69, 9.17) is 26.1 Å². The summed E-state index contributed by atoms with van der Waals surface area (Å²) in [6.07, 6.45) is 6.94. The molecule has 41 heavy (non-hydrogen) atoms. The van der Waals surface area contributed by atoms with Gasteiger partial charge in [-0.25, -0.2) is 4.98 Å². The highest BCUT2D eigenvalue weighted by Crippen LogP contribution is 2.34. The largest absolute Gasteiger partial charge is 0.493 e. The summed E-state index contributed by atoms with van der Waals surface area (Å²) in [6.45, 7) is -0.225. The number of amides is 1. The normalized spacial score (nSPS) is 14.0. The van der Waals surface area contributed by atoms with Gasteiger partial charge in [-0.3, -0.25) is 9.59 Å². The Morgan fingerprint density at radius 3 is 2.59 bits per heavy atom. The van der Waals surface area contributed by atoms with E-state index in [1.54, 1.807) is 48.7 Å². The van der Waals surface area contributed by atoms with Crippen molar-refractivity contribution in [1.29, 1.82) is 0 Å². The fraction of sp³-hybridized carbons (Fsp3) is 0.267. The van der Waals surface area contributed by atoms with E-state index < -0.39 is 0 Å². The first-order chi connectivity index (χ1) is 19.8. The van der Waals surface area contributed by atoms with E-state index in [1.807, 2.05) is 12.1 Å². The first kappa shape index (κ1) is 29.3. The summed E-state index contributed by atoms with van der Waals surface area (Å²) >= 11 is 12.9. The number of carbonyl (C=O) groups is 1. The van der Waals surface area contributed by atoms with Crippen LogP contribution in [0.15, 0.2) is 73.4 Å². The Labute approximate surface area is 259 Å². The fourth-order valence-electron chi connectivity index (χ4n) is 4.82. The standard InChI is InChI=1S/C30H27Br2ClN4O4/c1-40-26-13-19(24(32)15-27(26)41-17-28(38)35-22-10-8-21(33)9-11-22)16-34-37-29(18-5-3-2-4-6-18)36-25-12-7-20(31)14-23(25)30(37)39/h7-16,18H,2-6,17H2,1H3,(H,35,38). The summed E-state index contributed by atoms with van der Waals surface area (Å²) in [5.74, 6) is 1.29. The predicted molar refractivity (Wildman–Crippen MR) is 169 cm³/mol. The summed E-state index contributed by atoms with van der Waals surface area (Å²) in [5.41, 5.74) is 1.72. The van der Waals surface area contributed by atoms with Crippen molar-refractivity contribution < 1.29 is 14.3 Å². The second-order valence-electron chi connectivity index (χ2n) is 9.70. The van der Waals surface area contributed by atoms with Crippen LogP contribution in [0.1, 0.15) is 49.4 Å². The lowest BCUT2D eigenvalue weighted by molar-refractivity contribution is -0.118. The van der Waals surface area contributed by atoms with Crippen LogP contribution < -0.4 is 20.3 Å². The van der Waals surface area contributed by atoms with Crippen molar-refractivity contribution in [3.8, 4) is 11.5 Å². The van der Waals surface area contributed by atoms with Crippen LogP contribution in [0.4, 0.5) is 5.69 Å². The van der Waals surface area contributed by atoms with E-state index in [2.05, 4.69) is 42.3 Å². The third-order valence-electron chi connectivity index (χ3n) is 6.89. The topological polar surface area (TPSA) is 94.8 Å². The van der Waals surface area contributed by atoms with Crippen molar-refractivity contribution in [2.24, 2.45) is 5.10 Å². The minimum atomic E-state index is -0.332. The van der Waals surface area contributed by atoms with Gasteiger partial charge in [0.25, 0.3) is 11.5 Å². The Bertz CT molecular complexity index is 1670. The van der Waals surface area contributed by atoms with Gasteiger partial charge >= 0.3 is 0 Å². The number of carbonyl (C=O) groups excluding carboxylic acids is 1. The van der Waals surface area contributed by atoms with Gasteiger partial charge in [-0.05, 0) is 83.4 Å². The number of rotatable bonds is 8. The Morgan fingerprint density at radius 2 is 1.85 bits per heavy atom. The van der Waals surface area contributed by atoms with Gasteiger partial charge in [0.15, 0.2) is 18.1 Å². The van der Waals surface area contributed by atoms with Gasteiger partial charge in [-0.15, -0.1) is 0 Å². The molecule has 1 heterocycles. The molecule has 0 bridgehead atoms. The number of fused-ring (bicyclic) bond motifs is 1. The Kier molecular flexibility index (Phi) is 9.42. The van der Waals surface area contributed by atoms with E-state index >= 15 is 0 Å². The maximum Gasteiger partial charge on any atom is 0.282 e. The van der Waals surface area contributed by atoms with Crippen LogP contribution in [0, 0.1) is 0 Å². The molecular formula is C30H27Br2ClN4O4. The molecule has 8 nitrogen and oxygen atoms in total. The molecule has 3 aromatic carbocycles. The molecule has 1 fully saturated rings. The lowest BCUT2D eigenvalue weighted by atomic mass is 9.88. The van der Waals surface area contributed by atoms with E-state index in [9.17, 15) is 9.59 Å². The molecular weight excluding hydrogens is 676 g/mol. The highest BCUT2D eigenvalue weighted by atomic mass is 79.9. The molecule has 1 aliphatic rings. The van der Waals surface area contributed by atoms with Crippen LogP contribution in [0.3, 0.4) is 0 Å². The molecule has 0 atom stereocenters. The molecule has 4 aromatic rings. The molecule has 212 valence electrons. The number of nitrogens with one attached hydrogen (secondary N) is 1. The maximum absolute atomic E-state index is 13.6. The number of nitrogens with zero attached hydrogens (tertiary/aromatic N) is 3. The van der Waals surface area contributed by atoms with E-state index in [0.717, 1.165) is 30.2 Å². The van der Waals surface area contributed by atoms with Crippen molar-refractivity contribution >= 4 is 72.2 Å². The molecule has 1 aliphatic carbocycles. The minimum Gasteiger partial charge on any atom is -0.493 e. The zero-order chi connectivity index (χ0) is 28.9. The Balaban J connectivity index is 1.41. The van der Waals surface area contributed by atoms with Crippen LogP contribution in [0.25, 0.3) is 10.9 Å². The minimum absolute atomic E-state index is 0.161. The molecule has 1 N–H and O–H groups in total. The number of hydrogen-bond acceptors (Lipinski definition) is 6. The quantitative estimate of drug-likeness (QED) is 0.192. The van der Waals surface area contributed by atoms with Gasteiger partial charge in [-0.1, -0.05) is 46.8 Å². The molecule has 0 aliphatic heterocycles. The van der Waals surface area contributed by atoms with Gasteiger partial charge in [0.2, 0.25) is 0 Å². The third-order valence-corrected chi connectivity index (χ3v) is 8.32. The van der Waals surface area contributed by atoms with E-state index in [-0.39, 0.29) is 24.0 Å². The van der Waals surface area contributed by atoms with Crippen molar-refractivity contribution in [3.63, 3.8) is 0 Å². The second kappa shape index (κ2) is 13.2. The summed E-state index contributed by atoms with van der Waals surface area (Å²) in [4.78, 5) is 30.9. The third kappa shape index (κ3) is 6.99. The van der Waals surface area contributed by atoms with Crippen molar-refractivity contribution in [2.45, 2.75) is 38.0 Å². The van der Waals surface area contributed by atoms with Gasteiger partial charge in [0, 0.05) is 31.1 Å². The average molecular weight is 703 g/mol. The van der Waals surface area contributed by atoms with Crippen LogP contribution >= 0.6 is 43.5 Å². The highest BCUT2D eigenvalue weighted by molar-refractivity contribution is 9.10. The number of hydrogen-bond donors (Lipinski definition) is 1. The zero-order valence-corrected chi connectivity index (χ0v) is 26.1. The first-order valence-corrected chi connectivity index (χ1v) is 15.1. The number of methoxy groups -OCH3 is 1. The molecule has 0 spiro atoms. The second-order valence-corrected chi connectivity index (χ2v) is 11.9. The van der Waals surface area contributed by atoms with Gasteiger partial charge in [0.05, 0.1) is 24.2 Å². The molecule has 1 saturated carbocycles. The van der Waals surface area contributed by atoms with Gasteiger partial charge in [-0.2, -0.15) is 9.78 Å². The fourth-order valence-corrected chi connectivity index (χ4v) is 5.73. The Hall–Kier alpha value is -3.21. The van der Waals surface area contributed by atoms with Crippen molar-refractivity contribution in [1.82, 2.24) is 9.66 Å². The molecule has 0 unspecified atom stereocenters. The highest BCUT2D eigenvalue weighted by Gasteiger charge is 2.23. The summed E-state index contributed by atoms with van der Waals surface area (Å²) in [5, 5.41) is 8.46. The maximum atomic E-state index is 13.6. The SMILES string of the molecule is COc1cc(C=Nn2c(C3CCCCC3)nc3ccc(Br)cc3c2=O)c(Br)cc1OCC(=O)Nc1ccc(Cl)cc1. The smallest absolute Gasteiger partial charge is 0.282 e. The molecule has 1 amide bonds. The summed E-state index contributed by atoms with van der Waals surface area (Å²) < 4.78 is 14.2. The number of ether oxygens (including phenoxy) is 2. The van der Waals surface area contributed by atoms with Gasteiger partial charge < -0.3 is 14.8 Å². The summed E-state index contributed by atoms with van der Waals surface area (Å²) in [6, 6.07) is 15.8. The number of halogens is 3. The van der Waals surface area contributed by atoms with E-state index in [1.165, 1.54) is 18.2 Å². The molecule has 11 heteroatoms. The molecule has 1 aromatic heterocycles. The average Bonchev–Trinajstić information content (AvgIpc) is 2.98. The van der Waals surface area contributed by atoms with Gasteiger partial charge in [0.1, 0.15) is 5.82 Å². The number of aromatic nitrogens is 2. The van der Waals surface area contributed by atoms with Crippen LogP contribution in [-0.4, -0.2) is 35.5 Å². The van der Waals surface area contributed by atoms with Crippen molar-refractivity contribution in [2.75, 3.05) is 19.0 Å². The Morgan fingerprint density at radius 1 is 1.10 bits per heavy atom. The summed E-state index contributed by atoms with van der Waals surface area (Å²) in [7, 11) is 1.52. The number of benzene rings is 3. The lowest BCUT2D eigenvalue weighted by Gasteiger charge is -2.22. The van der Waals surface area contributed by atoms with Crippen LogP contribution in [0.2, 0.25) is 5.02 Å². The monoisotopic (exact) mass is 700 g/mol. The van der Waals surface area contributed by atoms with Crippen molar-refractivity contribution in [3.05, 3.63) is 90.3 Å². The predicted octanol–water partition coefficient (Wildman–Crippen LogP) is 7.53. The molecule has 5 rings (SSSR count). The van der Waals surface area contributed by atoms with Crippen LogP contribution in [-0.2, 0) is 4.79 Å². The lowest BCUT2D eigenvalue weighted by Crippen LogP contribution is -2.25.